The number of ether oxygens (including phenoxy) is 1. The zero-order chi connectivity index (χ0) is 13.3. The van der Waals surface area contributed by atoms with Crippen molar-refractivity contribution in [3.8, 4) is 0 Å². The van der Waals surface area contributed by atoms with E-state index in [9.17, 15) is 4.79 Å². The molecular weight excluding hydrogens is 240 g/mol. The molecule has 0 spiro atoms. The van der Waals surface area contributed by atoms with Gasteiger partial charge in [-0.2, -0.15) is 0 Å². The van der Waals surface area contributed by atoms with Gasteiger partial charge in [-0.15, -0.1) is 0 Å². The molecule has 0 radical (unpaired) electrons. The second kappa shape index (κ2) is 5.41. The highest BCUT2D eigenvalue weighted by Gasteiger charge is 2.50. The summed E-state index contributed by atoms with van der Waals surface area (Å²) in [6, 6.07) is 0. The lowest BCUT2D eigenvalue weighted by Crippen LogP contribution is -2.51. The quantitative estimate of drug-likeness (QED) is 0.712. The molecule has 3 N–H and O–H groups in total. The van der Waals surface area contributed by atoms with Crippen LogP contribution in [0.15, 0.2) is 0 Å². The van der Waals surface area contributed by atoms with E-state index in [0.29, 0.717) is 18.6 Å². The summed E-state index contributed by atoms with van der Waals surface area (Å²) in [5, 5.41) is 3.09. The van der Waals surface area contributed by atoms with Crippen molar-refractivity contribution in [3.63, 3.8) is 0 Å². The van der Waals surface area contributed by atoms with Gasteiger partial charge in [-0.1, -0.05) is 0 Å². The van der Waals surface area contributed by atoms with Crippen LogP contribution in [0.25, 0.3) is 0 Å². The summed E-state index contributed by atoms with van der Waals surface area (Å²) < 4.78 is 5.18. The number of hydrogen-bond acceptors (Lipinski definition) is 3. The summed E-state index contributed by atoms with van der Waals surface area (Å²) in [5.41, 5.74) is 5.75. The molecule has 1 amide bonds. The third-order valence-corrected chi connectivity index (χ3v) is 5.32. The van der Waals surface area contributed by atoms with Gasteiger partial charge >= 0.3 is 0 Å². The van der Waals surface area contributed by atoms with E-state index >= 15 is 0 Å². The summed E-state index contributed by atoms with van der Waals surface area (Å²) in [5.74, 6) is 2.84. The first kappa shape index (κ1) is 13.4. The molecule has 19 heavy (non-hydrogen) atoms. The Hall–Kier alpha value is -0.610. The number of amides is 1. The Morgan fingerprint density at radius 2 is 1.74 bits per heavy atom. The van der Waals surface area contributed by atoms with Crippen molar-refractivity contribution in [3.05, 3.63) is 0 Å². The van der Waals surface area contributed by atoms with Crippen molar-refractivity contribution < 1.29 is 9.53 Å². The third kappa shape index (κ3) is 2.95. The van der Waals surface area contributed by atoms with E-state index < -0.39 is 0 Å². The molecule has 0 saturated heterocycles. The van der Waals surface area contributed by atoms with Gasteiger partial charge in [0.15, 0.2) is 0 Å². The molecule has 4 saturated carbocycles. The Kier molecular flexibility index (Phi) is 3.81. The summed E-state index contributed by atoms with van der Waals surface area (Å²) >= 11 is 0. The Labute approximate surface area is 115 Å². The van der Waals surface area contributed by atoms with Crippen LogP contribution in [0, 0.1) is 23.2 Å². The fraction of sp³-hybridized carbons (Fsp3) is 0.933. The maximum absolute atomic E-state index is 11.7. The van der Waals surface area contributed by atoms with Gasteiger partial charge in [0.25, 0.3) is 0 Å². The van der Waals surface area contributed by atoms with Gasteiger partial charge in [-0.05, 0) is 61.7 Å². The van der Waals surface area contributed by atoms with Crippen LogP contribution in [0.2, 0.25) is 0 Å². The number of rotatable bonds is 6. The molecule has 4 heteroatoms. The second-order valence-corrected chi connectivity index (χ2v) is 7.04. The van der Waals surface area contributed by atoms with Crippen LogP contribution >= 0.6 is 0 Å². The summed E-state index contributed by atoms with van der Waals surface area (Å²) in [7, 11) is 0. The van der Waals surface area contributed by atoms with Gasteiger partial charge in [-0.3, -0.25) is 4.79 Å². The highest BCUT2D eigenvalue weighted by Crippen LogP contribution is 2.59. The minimum atomic E-state index is 0.0178. The number of carbonyl (C=O) groups is 1. The lowest BCUT2D eigenvalue weighted by molar-refractivity contribution is -0.127. The Balaban J connectivity index is 1.48. The predicted octanol–water partition coefficient (Wildman–Crippen LogP) is 1.29. The number of carbonyl (C=O) groups excluding carboxylic acids is 1. The SMILES string of the molecule is NCCOCC(=O)NCC12CC3CC(CC(C3)C1)C2. The normalized spacial score (nSPS) is 39.5. The van der Waals surface area contributed by atoms with Gasteiger partial charge in [0.05, 0.1) is 6.61 Å². The van der Waals surface area contributed by atoms with E-state index in [1.54, 1.807) is 0 Å². The second-order valence-electron chi connectivity index (χ2n) is 7.04. The van der Waals surface area contributed by atoms with Crippen molar-refractivity contribution in [2.24, 2.45) is 28.9 Å². The van der Waals surface area contributed by atoms with Gasteiger partial charge in [-0.25, -0.2) is 0 Å². The highest BCUT2D eigenvalue weighted by molar-refractivity contribution is 5.77. The fourth-order valence-corrected chi connectivity index (χ4v) is 5.09. The average molecular weight is 266 g/mol. The Morgan fingerprint density at radius 1 is 1.16 bits per heavy atom. The minimum Gasteiger partial charge on any atom is -0.370 e. The summed E-state index contributed by atoms with van der Waals surface area (Å²) in [6.45, 7) is 1.96. The number of nitrogens with one attached hydrogen (secondary N) is 1. The zero-order valence-corrected chi connectivity index (χ0v) is 11.7. The molecule has 0 aliphatic heterocycles. The topological polar surface area (TPSA) is 64.3 Å². The van der Waals surface area contributed by atoms with E-state index in [1.807, 2.05) is 0 Å². The van der Waals surface area contributed by atoms with E-state index in [1.165, 1.54) is 38.5 Å². The van der Waals surface area contributed by atoms with E-state index in [0.717, 1.165) is 24.3 Å². The van der Waals surface area contributed by atoms with Crippen molar-refractivity contribution in [2.75, 3.05) is 26.3 Å². The standard InChI is InChI=1S/C15H26N2O2/c16-1-2-19-9-14(18)17-10-15-6-11-3-12(7-15)5-13(4-11)8-15/h11-13H,1-10,16H2,(H,17,18). The van der Waals surface area contributed by atoms with Crippen LogP contribution in [0.3, 0.4) is 0 Å². The first-order chi connectivity index (χ1) is 9.19. The first-order valence-electron chi connectivity index (χ1n) is 7.74. The molecular formula is C15H26N2O2. The number of nitrogens with two attached hydrogens (primary N) is 1. The summed E-state index contributed by atoms with van der Waals surface area (Å²) in [4.78, 5) is 11.7. The molecule has 0 aromatic heterocycles. The first-order valence-corrected chi connectivity index (χ1v) is 7.74. The van der Waals surface area contributed by atoms with Crippen LogP contribution in [0.4, 0.5) is 0 Å². The summed E-state index contributed by atoms with van der Waals surface area (Å²) in [6.07, 6.45) is 8.36. The smallest absolute Gasteiger partial charge is 0.246 e. The average Bonchev–Trinajstić information content (AvgIpc) is 2.35. The third-order valence-electron chi connectivity index (χ3n) is 5.32. The fourth-order valence-electron chi connectivity index (χ4n) is 5.09. The van der Waals surface area contributed by atoms with E-state index in [2.05, 4.69) is 5.32 Å². The molecule has 4 aliphatic rings. The van der Waals surface area contributed by atoms with Crippen molar-refractivity contribution in [1.29, 1.82) is 0 Å². The lowest BCUT2D eigenvalue weighted by Gasteiger charge is -2.56. The molecule has 0 heterocycles. The Bertz CT molecular complexity index is 308. The van der Waals surface area contributed by atoms with E-state index in [-0.39, 0.29) is 12.5 Å². The molecule has 4 bridgehead atoms. The molecule has 0 aromatic rings. The molecule has 0 atom stereocenters. The van der Waals surface area contributed by atoms with Crippen LogP contribution in [-0.4, -0.2) is 32.2 Å². The van der Waals surface area contributed by atoms with Crippen molar-refractivity contribution in [2.45, 2.75) is 38.5 Å². The van der Waals surface area contributed by atoms with Gasteiger partial charge in [0, 0.05) is 13.1 Å². The molecule has 0 aromatic carbocycles. The number of hydrogen-bond donors (Lipinski definition) is 2. The van der Waals surface area contributed by atoms with Crippen LogP contribution < -0.4 is 11.1 Å². The predicted molar refractivity (Wildman–Crippen MR) is 73.5 cm³/mol. The maximum atomic E-state index is 11.7. The van der Waals surface area contributed by atoms with E-state index in [4.69, 9.17) is 10.5 Å². The largest absolute Gasteiger partial charge is 0.370 e. The van der Waals surface area contributed by atoms with Crippen molar-refractivity contribution >= 4 is 5.91 Å². The monoisotopic (exact) mass is 266 g/mol. The lowest BCUT2D eigenvalue weighted by atomic mass is 9.49. The molecule has 4 rings (SSSR count). The van der Waals surface area contributed by atoms with Crippen molar-refractivity contribution in [1.82, 2.24) is 5.32 Å². The van der Waals surface area contributed by atoms with Crippen LogP contribution in [0.1, 0.15) is 38.5 Å². The Morgan fingerprint density at radius 3 is 2.26 bits per heavy atom. The minimum absolute atomic E-state index is 0.0178. The molecule has 108 valence electrons. The molecule has 4 nitrogen and oxygen atoms in total. The van der Waals surface area contributed by atoms with Crippen LogP contribution in [-0.2, 0) is 9.53 Å². The highest BCUT2D eigenvalue weighted by atomic mass is 16.5. The molecule has 4 aliphatic carbocycles. The van der Waals surface area contributed by atoms with Gasteiger partial charge < -0.3 is 15.8 Å². The maximum Gasteiger partial charge on any atom is 0.246 e. The van der Waals surface area contributed by atoms with Gasteiger partial charge in [0.2, 0.25) is 5.91 Å². The van der Waals surface area contributed by atoms with Gasteiger partial charge in [0.1, 0.15) is 6.61 Å². The van der Waals surface area contributed by atoms with Crippen LogP contribution in [0.5, 0.6) is 0 Å². The molecule has 0 unspecified atom stereocenters. The zero-order valence-electron chi connectivity index (χ0n) is 11.7. The molecule has 4 fully saturated rings.